The smallest absolute Gasteiger partial charge is 0.230 e. The summed E-state index contributed by atoms with van der Waals surface area (Å²) in [5.74, 6) is 1.96. The Labute approximate surface area is 185 Å². The fraction of sp³-hybridized carbons (Fsp3) is 0.600. The molecule has 27 heavy (non-hydrogen) atoms. The van der Waals surface area contributed by atoms with Crippen molar-refractivity contribution in [3.8, 4) is 0 Å². The van der Waals surface area contributed by atoms with Crippen molar-refractivity contribution < 1.29 is 4.79 Å². The van der Waals surface area contributed by atoms with Crippen LogP contribution in [0.3, 0.4) is 0 Å². The van der Waals surface area contributed by atoms with Crippen LogP contribution in [-0.2, 0) is 4.79 Å². The number of carbonyl (C=O) groups is 1. The van der Waals surface area contributed by atoms with Gasteiger partial charge in [0, 0.05) is 44.9 Å². The molecule has 1 amide bonds. The predicted molar refractivity (Wildman–Crippen MR) is 126 cm³/mol. The van der Waals surface area contributed by atoms with E-state index in [-0.39, 0.29) is 35.3 Å². The van der Waals surface area contributed by atoms with Gasteiger partial charge in [0.1, 0.15) is 0 Å². The Balaban J connectivity index is 0.00000364. The first-order valence-electron chi connectivity index (χ1n) is 9.32. The highest BCUT2D eigenvalue weighted by Crippen LogP contribution is 2.38. The third-order valence-electron chi connectivity index (χ3n) is 4.92. The van der Waals surface area contributed by atoms with E-state index in [9.17, 15) is 4.79 Å². The quantitative estimate of drug-likeness (QED) is 0.196. The van der Waals surface area contributed by atoms with Crippen molar-refractivity contribution >= 4 is 47.6 Å². The van der Waals surface area contributed by atoms with E-state index in [1.165, 1.54) is 10.5 Å². The summed E-state index contributed by atoms with van der Waals surface area (Å²) in [7, 11) is 5.47. The van der Waals surface area contributed by atoms with E-state index in [4.69, 9.17) is 0 Å². The molecule has 7 heteroatoms. The molecule has 0 aliphatic heterocycles. The minimum absolute atomic E-state index is 0. The molecule has 2 rings (SSSR count). The number of hydrogen-bond donors (Lipinski definition) is 2. The molecule has 1 saturated carbocycles. The standard InChI is InChI=1S/C20H32N4OS.HI/c1-16-7-9-17(10-8-16)26-14-13-22-19(21-2)23-15-20(11-5-6-12-20)18(25)24(3)4;/h7-10H,5-6,11-15H2,1-4H3,(H2,21,22,23);1H. The molecule has 0 spiro atoms. The van der Waals surface area contributed by atoms with Gasteiger partial charge in [-0.25, -0.2) is 0 Å². The summed E-state index contributed by atoms with van der Waals surface area (Å²) in [6.07, 6.45) is 4.16. The summed E-state index contributed by atoms with van der Waals surface area (Å²) in [5.41, 5.74) is 1.00. The molecular weight excluding hydrogens is 471 g/mol. The minimum atomic E-state index is -0.280. The van der Waals surface area contributed by atoms with Crippen LogP contribution in [0.15, 0.2) is 34.2 Å². The van der Waals surface area contributed by atoms with E-state index in [1.54, 1.807) is 11.9 Å². The van der Waals surface area contributed by atoms with Gasteiger partial charge in [0.05, 0.1) is 5.41 Å². The first-order valence-corrected chi connectivity index (χ1v) is 10.3. The lowest BCUT2D eigenvalue weighted by molar-refractivity contribution is -0.138. The third-order valence-corrected chi connectivity index (χ3v) is 5.94. The average Bonchev–Trinajstić information content (AvgIpc) is 3.12. The van der Waals surface area contributed by atoms with Crippen molar-refractivity contribution in [3.63, 3.8) is 0 Å². The van der Waals surface area contributed by atoms with Crippen LogP contribution >= 0.6 is 35.7 Å². The van der Waals surface area contributed by atoms with Gasteiger partial charge in [-0.2, -0.15) is 0 Å². The molecule has 0 unspecified atom stereocenters. The maximum Gasteiger partial charge on any atom is 0.230 e. The Bertz CT molecular complexity index is 613. The van der Waals surface area contributed by atoms with E-state index >= 15 is 0 Å². The van der Waals surface area contributed by atoms with Gasteiger partial charge in [-0.1, -0.05) is 30.5 Å². The number of benzene rings is 1. The molecule has 0 bridgehead atoms. The third kappa shape index (κ3) is 7.18. The molecule has 1 fully saturated rings. The number of rotatable bonds is 7. The SMILES string of the molecule is CN=C(NCCSc1ccc(C)cc1)NCC1(C(=O)N(C)C)CCCC1.I. The van der Waals surface area contributed by atoms with E-state index in [2.05, 4.69) is 46.8 Å². The number of nitrogens with zero attached hydrogens (tertiary/aromatic N) is 2. The van der Waals surface area contributed by atoms with Crippen LogP contribution in [0, 0.1) is 12.3 Å². The zero-order chi connectivity index (χ0) is 19.0. The lowest BCUT2D eigenvalue weighted by Gasteiger charge is -2.31. The highest BCUT2D eigenvalue weighted by atomic mass is 127. The molecule has 0 aromatic heterocycles. The van der Waals surface area contributed by atoms with Crippen LogP contribution in [0.5, 0.6) is 0 Å². The number of aliphatic imine (C=N–C) groups is 1. The number of hydrogen-bond acceptors (Lipinski definition) is 3. The molecule has 1 aromatic carbocycles. The molecular formula is C20H33IN4OS. The molecule has 0 atom stereocenters. The van der Waals surface area contributed by atoms with E-state index in [0.29, 0.717) is 6.54 Å². The minimum Gasteiger partial charge on any atom is -0.356 e. The van der Waals surface area contributed by atoms with E-state index < -0.39 is 0 Å². The fourth-order valence-electron chi connectivity index (χ4n) is 3.44. The normalized spacial score (nSPS) is 15.8. The second-order valence-electron chi connectivity index (χ2n) is 7.20. The number of nitrogens with one attached hydrogen (secondary N) is 2. The van der Waals surface area contributed by atoms with Gasteiger partial charge in [0.25, 0.3) is 0 Å². The Morgan fingerprint density at radius 3 is 2.37 bits per heavy atom. The van der Waals surface area contributed by atoms with Crippen molar-refractivity contribution in [2.45, 2.75) is 37.5 Å². The summed E-state index contributed by atoms with van der Waals surface area (Å²) < 4.78 is 0. The molecule has 0 heterocycles. The first kappa shape index (κ1) is 24.1. The molecule has 0 radical (unpaired) electrons. The van der Waals surface area contributed by atoms with Crippen molar-refractivity contribution in [2.24, 2.45) is 10.4 Å². The topological polar surface area (TPSA) is 56.7 Å². The van der Waals surface area contributed by atoms with Crippen molar-refractivity contribution in [2.75, 3.05) is 40.0 Å². The van der Waals surface area contributed by atoms with Crippen LogP contribution < -0.4 is 10.6 Å². The number of guanidine groups is 1. The highest BCUT2D eigenvalue weighted by molar-refractivity contribution is 14.0. The van der Waals surface area contributed by atoms with Gasteiger partial charge < -0.3 is 15.5 Å². The molecule has 1 aliphatic carbocycles. The Hall–Kier alpha value is -0.960. The lowest BCUT2D eigenvalue weighted by atomic mass is 9.84. The van der Waals surface area contributed by atoms with Gasteiger partial charge in [-0.3, -0.25) is 9.79 Å². The maximum atomic E-state index is 12.6. The summed E-state index contributed by atoms with van der Waals surface area (Å²) in [6.45, 7) is 3.57. The van der Waals surface area contributed by atoms with Crippen LogP contribution in [0.25, 0.3) is 0 Å². The van der Waals surface area contributed by atoms with Gasteiger partial charge in [0.2, 0.25) is 5.91 Å². The zero-order valence-electron chi connectivity index (χ0n) is 16.9. The van der Waals surface area contributed by atoms with Gasteiger partial charge in [-0.15, -0.1) is 35.7 Å². The highest BCUT2D eigenvalue weighted by Gasteiger charge is 2.42. The monoisotopic (exact) mass is 504 g/mol. The van der Waals surface area contributed by atoms with Gasteiger partial charge in [0.15, 0.2) is 5.96 Å². The van der Waals surface area contributed by atoms with E-state index in [0.717, 1.165) is 43.9 Å². The number of aryl methyl sites for hydroxylation is 1. The molecule has 0 saturated heterocycles. The summed E-state index contributed by atoms with van der Waals surface area (Å²) in [6, 6.07) is 8.59. The molecule has 152 valence electrons. The Morgan fingerprint density at radius 1 is 1.19 bits per heavy atom. The largest absolute Gasteiger partial charge is 0.356 e. The molecule has 1 aromatic rings. The van der Waals surface area contributed by atoms with Gasteiger partial charge in [-0.05, 0) is 31.9 Å². The second-order valence-corrected chi connectivity index (χ2v) is 8.37. The summed E-state index contributed by atoms with van der Waals surface area (Å²) in [4.78, 5) is 19.9. The molecule has 1 aliphatic rings. The summed E-state index contributed by atoms with van der Waals surface area (Å²) in [5, 5.41) is 6.73. The maximum absolute atomic E-state index is 12.6. The number of thioether (sulfide) groups is 1. The average molecular weight is 504 g/mol. The van der Waals surface area contributed by atoms with Crippen LogP contribution in [0.2, 0.25) is 0 Å². The summed E-state index contributed by atoms with van der Waals surface area (Å²) >= 11 is 1.83. The predicted octanol–water partition coefficient (Wildman–Crippen LogP) is 3.52. The van der Waals surface area contributed by atoms with Crippen LogP contribution in [0.4, 0.5) is 0 Å². The van der Waals surface area contributed by atoms with Crippen molar-refractivity contribution in [1.82, 2.24) is 15.5 Å². The van der Waals surface area contributed by atoms with Crippen LogP contribution in [-0.4, -0.2) is 56.8 Å². The number of amides is 1. The number of carbonyl (C=O) groups excluding carboxylic acids is 1. The second kappa shape index (κ2) is 11.8. The van der Waals surface area contributed by atoms with Gasteiger partial charge >= 0.3 is 0 Å². The lowest BCUT2D eigenvalue weighted by Crippen LogP contribution is -2.49. The fourth-order valence-corrected chi connectivity index (χ4v) is 4.21. The van der Waals surface area contributed by atoms with Crippen molar-refractivity contribution in [3.05, 3.63) is 29.8 Å². The Morgan fingerprint density at radius 2 is 1.81 bits per heavy atom. The van der Waals surface area contributed by atoms with Crippen LogP contribution in [0.1, 0.15) is 31.2 Å². The first-order chi connectivity index (χ1) is 12.5. The van der Waals surface area contributed by atoms with Crippen molar-refractivity contribution in [1.29, 1.82) is 0 Å². The molecule has 2 N–H and O–H groups in total. The molecule has 5 nitrogen and oxygen atoms in total. The van der Waals surface area contributed by atoms with E-state index in [1.807, 2.05) is 25.9 Å². The number of halogens is 1. The zero-order valence-corrected chi connectivity index (χ0v) is 20.0. The Kier molecular flexibility index (Phi) is 10.5.